The van der Waals surface area contributed by atoms with Crippen LogP contribution in [0, 0.1) is 5.92 Å². The first-order chi connectivity index (χ1) is 23.9. The summed E-state index contributed by atoms with van der Waals surface area (Å²) in [6.07, 6.45) is 8.45. The fraction of sp³-hybridized carbons (Fsp3) is 0.543. The molecule has 0 bridgehead atoms. The van der Waals surface area contributed by atoms with Gasteiger partial charge in [-0.1, -0.05) is 43.4 Å². The van der Waals surface area contributed by atoms with E-state index in [0.717, 1.165) is 43.0 Å². The van der Waals surface area contributed by atoms with E-state index >= 15 is 0 Å². The van der Waals surface area contributed by atoms with Gasteiger partial charge in [-0.25, -0.2) is 9.67 Å². The number of carbonyl (C=O) groups is 5. The summed E-state index contributed by atoms with van der Waals surface area (Å²) >= 11 is 0. The van der Waals surface area contributed by atoms with Crippen LogP contribution in [-0.2, 0) is 29.5 Å². The zero-order chi connectivity index (χ0) is 35.6. The molecule has 1 aliphatic carbocycles. The molecular weight excluding hydrogens is 644 g/mol. The molecule has 4 heterocycles. The van der Waals surface area contributed by atoms with Gasteiger partial charge in [0.15, 0.2) is 0 Å². The van der Waals surface area contributed by atoms with E-state index in [-0.39, 0.29) is 57.1 Å². The molecule has 3 aliphatic rings. The highest BCUT2D eigenvalue weighted by Gasteiger charge is 2.49. The molecule has 0 unspecified atom stereocenters. The third-order valence-electron chi connectivity index (χ3n) is 10.2. The highest BCUT2D eigenvalue weighted by atomic mass is 16.5. The number of carbonyl (C=O) groups excluding carboxylic acids is 5. The topological polar surface area (TPSA) is 215 Å². The molecule has 6 rings (SSSR count). The van der Waals surface area contributed by atoms with Gasteiger partial charge in [0.1, 0.15) is 22.9 Å². The molecule has 3 fully saturated rings. The van der Waals surface area contributed by atoms with Crippen LogP contribution in [0.4, 0.5) is 0 Å². The Labute approximate surface area is 289 Å². The zero-order valence-corrected chi connectivity index (χ0v) is 28.4. The van der Waals surface area contributed by atoms with Crippen LogP contribution in [0.2, 0.25) is 0 Å². The summed E-state index contributed by atoms with van der Waals surface area (Å²) in [6, 6.07) is 5.31. The molecule has 2 saturated heterocycles. The highest BCUT2D eigenvalue weighted by Crippen LogP contribution is 2.34. The minimum absolute atomic E-state index is 0.0183. The molecule has 5 N–H and O–H groups in total. The summed E-state index contributed by atoms with van der Waals surface area (Å²) in [4.78, 5) is 76.7. The zero-order valence-electron chi connectivity index (χ0n) is 28.4. The second-order valence-corrected chi connectivity index (χ2v) is 14.2. The Morgan fingerprint density at radius 1 is 1.12 bits per heavy atom. The second-order valence-electron chi connectivity index (χ2n) is 14.2. The number of Topliss-reactive ketones (excluding diaryl/α,β-unsaturated/α-hetero) is 1. The summed E-state index contributed by atoms with van der Waals surface area (Å²) in [7, 11) is 0. The number of ketones is 1. The molecule has 2 atom stereocenters. The van der Waals surface area contributed by atoms with Crippen molar-refractivity contribution in [3.8, 4) is 0 Å². The van der Waals surface area contributed by atoms with Crippen LogP contribution in [-0.4, -0.2) is 96.4 Å². The largest absolute Gasteiger partial charge is 0.384 e. The monoisotopic (exact) mass is 688 g/mol. The normalized spacial score (nSPS) is 21.7. The van der Waals surface area contributed by atoms with Gasteiger partial charge in [-0.2, -0.15) is 0 Å². The maximum atomic E-state index is 14.7. The second kappa shape index (κ2) is 14.2. The van der Waals surface area contributed by atoms with Gasteiger partial charge in [-0.05, 0) is 49.8 Å². The number of aromatic amines is 1. The highest BCUT2D eigenvalue weighted by molar-refractivity contribution is 6.41. The van der Waals surface area contributed by atoms with Crippen molar-refractivity contribution >= 4 is 46.0 Å². The number of aliphatic imine (C=N–C) groups is 1. The van der Waals surface area contributed by atoms with Gasteiger partial charge >= 0.3 is 0 Å². The number of nitrogens with one attached hydrogen (secondary N) is 2. The van der Waals surface area contributed by atoms with Crippen LogP contribution in [0.5, 0.6) is 0 Å². The number of rotatable bonds is 10. The van der Waals surface area contributed by atoms with E-state index in [0.29, 0.717) is 11.3 Å². The number of hydrogen-bond acceptors (Lipinski definition) is 9. The van der Waals surface area contributed by atoms with E-state index < -0.39 is 52.6 Å². The lowest BCUT2D eigenvalue weighted by molar-refractivity contribution is -0.146. The van der Waals surface area contributed by atoms with E-state index in [2.05, 4.69) is 25.6 Å². The van der Waals surface area contributed by atoms with Crippen molar-refractivity contribution in [1.29, 1.82) is 0 Å². The van der Waals surface area contributed by atoms with Gasteiger partial charge in [0.2, 0.25) is 11.7 Å². The first-order valence-electron chi connectivity index (χ1n) is 17.2. The third-order valence-corrected chi connectivity index (χ3v) is 10.2. The lowest BCUT2D eigenvalue weighted by atomic mass is 9.84. The summed E-state index contributed by atoms with van der Waals surface area (Å²) in [5.74, 6) is -3.81. The van der Waals surface area contributed by atoms with E-state index in [1.807, 2.05) is 6.07 Å². The van der Waals surface area contributed by atoms with Crippen molar-refractivity contribution in [2.45, 2.75) is 94.9 Å². The van der Waals surface area contributed by atoms with Crippen LogP contribution in [0.25, 0.3) is 10.9 Å². The maximum absolute atomic E-state index is 14.7. The van der Waals surface area contributed by atoms with Crippen LogP contribution in [0.15, 0.2) is 41.7 Å². The number of primary amides is 1. The Kier molecular flexibility index (Phi) is 9.98. The summed E-state index contributed by atoms with van der Waals surface area (Å²) < 4.78 is 6.92. The average molecular weight is 689 g/mol. The first-order valence-corrected chi connectivity index (χ1v) is 17.2. The molecule has 266 valence electrons. The lowest BCUT2D eigenvalue weighted by Gasteiger charge is -2.37. The number of H-pyrrole nitrogens is 1. The third kappa shape index (κ3) is 7.24. The van der Waals surface area contributed by atoms with Crippen molar-refractivity contribution in [2.24, 2.45) is 16.6 Å². The summed E-state index contributed by atoms with van der Waals surface area (Å²) in [5, 5.41) is 22.8. The van der Waals surface area contributed by atoms with Gasteiger partial charge in [-0.15, -0.1) is 5.10 Å². The molecular formula is C35H44N8O7. The van der Waals surface area contributed by atoms with Crippen molar-refractivity contribution in [3.05, 3.63) is 47.9 Å². The van der Waals surface area contributed by atoms with Gasteiger partial charge < -0.3 is 30.8 Å². The van der Waals surface area contributed by atoms with Gasteiger partial charge in [0, 0.05) is 56.3 Å². The molecule has 1 saturated carbocycles. The SMILES string of the molecule is CC(C)(O)c1cnnn1[C@H]1C[C@@H](C(=O)NC2(C(=O)C(N)=O)CCOCC2)N(C(=O)C(CC2CCCCC2)=NC(=O)c2ccc3cc[nH]c3c2)C1. The van der Waals surface area contributed by atoms with Gasteiger partial charge in [0.25, 0.3) is 17.7 Å². The number of ether oxygens (including phenoxy) is 1. The Balaban J connectivity index is 1.36. The number of nitrogens with zero attached hydrogens (tertiary/aromatic N) is 5. The number of hydrogen-bond donors (Lipinski definition) is 4. The molecule has 3 aromatic rings. The number of likely N-dealkylation sites (tertiary alicyclic amines) is 1. The summed E-state index contributed by atoms with van der Waals surface area (Å²) in [6.45, 7) is 3.39. The Morgan fingerprint density at radius 3 is 2.56 bits per heavy atom. The number of aliphatic hydroxyl groups is 1. The number of aromatic nitrogens is 4. The van der Waals surface area contributed by atoms with Crippen molar-refractivity contribution in [1.82, 2.24) is 30.2 Å². The number of benzene rings is 1. The van der Waals surface area contributed by atoms with E-state index in [9.17, 15) is 29.1 Å². The molecule has 1 aromatic carbocycles. The lowest BCUT2D eigenvalue weighted by Crippen LogP contribution is -2.63. The Bertz CT molecular complexity index is 1810. The molecule has 15 nitrogen and oxygen atoms in total. The predicted octanol–water partition coefficient (Wildman–Crippen LogP) is 2.10. The Morgan fingerprint density at radius 2 is 1.86 bits per heavy atom. The minimum Gasteiger partial charge on any atom is -0.384 e. The quantitative estimate of drug-likeness (QED) is 0.181. The van der Waals surface area contributed by atoms with Crippen LogP contribution in [0.3, 0.4) is 0 Å². The molecule has 0 radical (unpaired) electrons. The van der Waals surface area contributed by atoms with Crippen molar-refractivity contribution < 1.29 is 33.8 Å². The van der Waals surface area contributed by atoms with Gasteiger partial charge in [-0.3, -0.25) is 24.0 Å². The minimum atomic E-state index is -1.59. The fourth-order valence-corrected chi connectivity index (χ4v) is 7.48. The standard InChI is InChI=1S/C35H44N8O7/c1-34(2,49)28-19-38-41-43(28)24-18-27(32(47)40-35(29(44)30(36)45)11-14-50-15-12-35)42(20-24)33(48)26(16-21-6-4-3-5-7-21)39-31(46)23-9-8-22-10-13-37-25(22)17-23/h8-10,13,17,19,21,24,27,37,49H,3-7,11-12,14-16,18,20H2,1-2H3,(H2,36,45)(H,40,47)/t24-,27-/m0/s1. The summed E-state index contributed by atoms with van der Waals surface area (Å²) in [5.41, 5.74) is 3.98. The predicted molar refractivity (Wildman–Crippen MR) is 181 cm³/mol. The number of amides is 4. The molecule has 4 amide bonds. The molecule has 15 heteroatoms. The van der Waals surface area contributed by atoms with Crippen LogP contribution in [0.1, 0.15) is 93.7 Å². The fourth-order valence-electron chi connectivity index (χ4n) is 7.48. The number of fused-ring (bicyclic) bond motifs is 1. The average Bonchev–Trinajstić information content (AvgIpc) is 3.87. The van der Waals surface area contributed by atoms with E-state index in [4.69, 9.17) is 10.5 Å². The van der Waals surface area contributed by atoms with E-state index in [1.54, 1.807) is 38.2 Å². The molecule has 50 heavy (non-hydrogen) atoms. The molecule has 2 aromatic heterocycles. The molecule has 2 aliphatic heterocycles. The maximum Gasteiger partial charge on any atom is 0.287 e. The molecule has 0 spiro atoms. The van der Waals surface area contributed by atoms with Crippen LogP contribution < -0.4 is 11.1 Å². The van der Waals surface area contributed by atoms with Crippen molar-refractivity contribution in [3.63, 3.8) is 0 Å². The number of nitrogens with two attached hydrogens (primary N) is 1. The first kappa shape index (κ1) is 35.1. The smallest absolute Gasteiger partial charge is 0.287 e. The van der Waals surface area contributed by atoms with Crippen LogP contribution >= 0.6 is 0 Å². The van der Waals surface area contributed by atoms with E-state index in [1.165, 1.54) is 15.8 Å². The Hall–Kier alpha value is -4.76. The van der Waals surface area contributed by atoms with Gasteiger partial charge in [0.05, 0.1) is 17.9 Å². The van der Waals surface area contributed by atoms with Crippen molar-refractivity contribution in [2.75, 3.05) is 19.8 Å².